The molecule has 0 atom stereocenters. The quantitative estimate of drug-likeness (QED) is 0.606. The lowest BCUT2D eigenvalue weighted by Gasteiger charge is -2.00. The number of para-hydroxylation sites is 1. The van der Waals surface area contributed by atoms with Crippen molar-refractivity contribution in [1.82, 2.24) is 20.0 Å². The van der Waals surface area contributed by atoms with Crippen LogP contribution in [0.25, 0.3) is 28.2 Å². The minimum atomic E-state index is -0.441. The van der Waals surface area contributed by atoms with Crippen LogP contribution in [0, 0.1) is 11.3 Å². The fourth-order valence-corrected chi connectivity index (χ4v) is 2.75. The molecule has 0 aliphatic carbocycles. The van der Waals surface area contributed by atoms with Gasteiger partial charge in [-0.2, -0.15) is 10.4 Å². The molecule has 4 aromatic rings. The van der Waals surface area contributed by atoms with E-state index in [1.807, 2.05) is 72.9 Å². The molecule has 6 nitrogen and oxygen atoms in total. The van der Waals surface area contributed by atoms with Gasteiger partial charge in [0.25, 0.3) is 5.56 Å². The highest BCUT2D eigenvalue weighted by molar-refractivity contribution is 5.81. The van der Waals surface area contributed by atoms with Gasteiger partial charge in [-0.25, -0.2) is 4.68 Å². The van der Waals surface area contributed by atoms with E-state index in [2.05, 4.69) is 15.3 Å². The van der Waals surface area contributed by atoms with Crippen molar-refractivity contribution in [2.75, 3.05) is 0 Å². The molecule has 0 saturated heterocycles. The Labute approximate surface area is 143 Å². The standard InChI is InChI=1S/C19H13N5O/c20-11-15-18(21-22-19(15)25)16-12-24(14-9-5-2-6-10-14)23-17(16)13-7-3-1-4-8-13/h1-10,12H,(H2,21,22,25). The van der Waals surface area contributed by atoms with E-state index in [1.54, 1.807) is 4.68 Å². The number of aromatic nitrogens is 4. The first-order chi connectivity index (χ1) is 12.3. The molecule has 0 radical (unpaired) electrons. The van der Waals surface area contributed by atoms with Crippen molar-refractivity contribution < 1.29 is 0 Å². The topological polar surface area (TPSA) is 90.3 Å². The third-order valence-electron chi connectivity index (χ3n) is 3.94. The number of nitriles is 1. The van der Waals surface area contributed by atoms with Gasteiger partial charge in [0.15, 0.2) is 0 Å². The van der Waals surface area contributed by atoms with Crippen LogP contribution in [0.2, 0.25) is 0 Å². The lowest BCUT2D eigenvalue weighted by atomic mass is 10.0. The van der Waals surface area contributed by atoms with Crippen LogP contribution >= 0.6 is 0 Å². The molecule has 0 saturated carbocycles. The van der Waals surface area contributed by atoms with E-state index in [4.69, 9.17) is 0 Å². The van der Waals surface area contributed by atoms with Gasteiger partial charge >= 0.3 is 0 Å². The second kappa shape index (κ2) is 5.98. The molecule has 6 heteroatoms. The first-order valence-electron chi connectivity index (χ1n) is 7.69. The summed E-state index contributed by atoms with van der Waals surface area (Å²) in [4.78, 5) is 11.8. The van der Waals surface area contributed by atoms with Gasteiger partial charge in [-0.15, -0.1) is 0 Å². The van der Waals surface area contributed by atoms with E-state index in [9.17, 15) is 10.1 Å². The number of rotatable bonds is 3. The summed E-state index contributed by atoms with van der Waals surface area (Å²) in [5.74, 6) is 0. The molecule has 2 aromatic carbocycles. The average Bonchev–Trinajstić information content (AvgIpc) is 3.26. The van der Waals surface area contributed by atoms with Crippen LogP contribution in [0.3, 0.4) is 0 Å². The van der Waals surface area contributed by atoms with Crippen LogP contribution in [0.5, 0.6) is 0 Å². The molecule has 2 N–H and O–H groups in total. The maximum atomic E-state index is 11.8. The number of benzene rings is 2. The summed E-state index contributed by atoms with van der Waals surface area (Å²) >= 11 is 0. The number of H-pyrrole nitrogens is 2. The third-order valence-corrected chi connectivity index (χ3v) is 3.94. The molecule has 2 aromatic heterocycles. The number of nitrogens with zero attached hydrogens (tertiary/aromatic N) is 3. The van der Waals surface area contributed by atoms with Crippen LogP contribution in [0.15, 0.2) is 71.7 Å². The summed E-state index contributed by atoms with van der Waals surface area (Å²) < 4.78 is 1.74. The Bertz CT molecular complexity index is 1110. The Morgan fingerprint density at radius 3 is 2.32 bits per heavy atom. The van der Waals surface area contributed by atoms with Gasteiger partial charge in [-0.3, -0.25) is 15.0 Å². The molecule has 25 heavy (non-hydrogen) atoms. The predicted molar refractivity (Wildman–Crippen MR) is 94.1 cm³/mol. The molecule has 0 amide bonds. The first-order valence-corrected chi connectivity index (χ1v) is 7.69. The summed E-state index contributed by atoms with van der Waals surface area (Å²) in [7, 11) is 0. The minimum absolute atomic E-state index is 0.0461. The van der Waals surface area contributed by atoms with Gasteiger partial charge in [-0.05, 0) is 12.1 Å². The zero-order chi connectivity index (χ0) is 17.2. The van der Waals surface area contributed by atoms with Gasteiger partial charge in [0.05, 0.1) is 11.4 Å². The van der Waals surface area contributed by atoms with Crippen molar-refractivity contribution >= 4 is 0 Å². The molecule has 0 fully saturated rings. The van der Waals surface area contributed by atoms with E-state index in [-0.39, 0.29) is 5.56 Å². The van der Waals surface area contributed by atoms with Crippen molar-refractivity contribution in [3.63, 3.8) is 0 Å². The van der Waals surface area contributed by atoms with Gasteiger partial charge in [0, 0.05) is 17.3 Å². The highest BCUT2D eigenvalue weighted by atomic mass is 16.1. The van der Waals surface area contributed by atoms with Gasteiger partial charge in [-0.1, -0.05) is 48.5 Å². The molecular formula is C19H13N5O. The Morgan fingerprint density at radius 1 is 0.960 bits per heavy atom. The van der Waals surface area contributed by atoms with E-state index in [0.29, 0.717) is 17.0 Å². The number of hydrogen-bond acceptors (Lipinski definition) is 3. The van der Waals surface area contributed by atoms with Gasteiger partial charge in [0.2, 0.25) is 0 Å². The normalized spacial score (nSPS) is 10.5. The van der Waals surface area contributed by atoms with Crippen molar-refractivity contribution in [2.45, 2.75) is 0 Å². The Morgan fingerprint density at radius 2 is 1.64 bits per heavy atom. The molecule has 2 heterocycles. The highest BCUT2D eigenvalue weighted by Crippen LogP contribution is 2.31. The predicted octanol–water partition coefficient (Wildman–Crippen LogP) is 3.09. The Balaban J connectivity index is 1.98. The van der Waals surface area contributed by atoms with Crippen molar-refractivity contribution in [3.8, 4) is 34.3 Å². The monoisotopic (exact) mass is 327 g/mol. The third kappa shape index (κ3) is 2.54. The second-order valence-corrected chi connectivity index (χ2v) is 5.48. The second-order valence-electron chi connectivity index (χ2n) is 5.48. The van der Waals surface area contributed by atoms with Gasteiger partial charge in [0.1, 0.15) is 17.3 Å². The minimum Gasteiger partial charge on any atom is -0.296 e. The molecule has 0 aliphatic rings. The number of hydrogen-bond donors (Lipinski definition) is 2. The maximum Gasteiger partial charge on any atom is 0.282 e. The van der Waals surface area contributed by atoms with Crippen LogP contribution in [0.1, 0.15) is 5.56 Å². The highest BCUT2D eigenvalue weighted by Gasteiger charge is 2.19. The SMILES string of the molecule is N#Cc1c(-c2cn(-c3ccccc3)nc2-c2ccccc2)[nH][nH]c1=O. The fourth-order valence-electron chi connectivity index (χ4n) is 2.75. The maximum absolute atomic E-state index is 11.8. The first kappa shape index (κ1) is 14.7. The summed E-state index contributed by atoms with van der Waals surface area (Å²) in [5.41, 5.74) is 3.21. The molecule has 0 bridgehead atoms. The molecular weight excluding hydrogens is 314 g/mol. The lowest BCUT2D eigenvalue weighted by Crippen LogP contribution is -2.01. The molecule has 0 spiro atoms. The van der Waals surface area contributed by atoms with Gasteiger partial charge < -0.3 is 0 Å². The Kier molecular flexibility index (Phi) is 3.52. The molecule has 0 unspecified atom stereocenters. The molecule has 120 valence electrons. The summed E-state index contributed by atoms with van der Waals surface area (Å²) in [5, 5.41) is 19.3. The number of nitrogens with one attached hydrogen (secondary N) is 2. The van der Waals surface area contributed by atoms with E-state index in [1.165, 1.54) is 0 Å². The average molecular weight is 327 g/mol. The van der Waals surface area contributed by atoms with E-state index < -0.39 is 5.56 Å². The lowest BCUT2D eigenvalue weighted by molar-refractivity contribution is 0.884. The smallest absolute Gasteiger partial charge is 0.282 e. The summed E-state index contributed by atoms with van der Waals surface area (Å²) in [6.45, 7) is 0. The van der Waals surface area contributed by atoms with Crippen LogP contribution in [-0.4, -0.2) is 20.0 Å². The zero-order valence-corrected chi connectivity index (χ0v) is 13.1. The fraction of sp³-hybridized carbons (Fsp3) is 0. The van der Waals surface area contributed by atoms with E-state index >= 15 is 0 Å². The largest absolute Gasteiger partial charge is 0.296 e. The summed E-state index contributed by atoms with van der Waals surface area (Å²) in [6, 6.07) is 21.3. The molecule has 0 aliphatic heterocycles. The van der Waals surface area contributed by atoms with Crippen molar-refractivity contribution in [3.05, 3.63) is 82.8 Å². The number of aromatic amines is 2. The zero-order valence-electron chi connectivity index (χ0n) is 13.1. The van der Waals surface area contributed by atoms with Crippen LogP contribution < -0.4 is 5.56 Å². The van der Waals surface area contributed by atoms with Crippen molar-refractivity contribution in [2.24, 2.45) is 0 Å². The summed E-state index contributed by atoms with van der Waals surface area (Å²) in [6.07, 6.45) is 1.82. The van der Waals surface area contributed by atoms with Crippen molar-refractivity contribution in [1.29, 1.82) is 5.26 Å². The van der Waals surface area contributed by atoms with E-state index in [0.717, 1.165) is 11.3 Å². The van der Waals surface area contributed by atoms with Crippen LogP contribution in [-0.2, 0) is 0 Å². The Hall–Kier alpha value is -3.85. The molecule has 4 rings (SSSR count). The van der Waals surface area contributed by atoms with Crippen LogP contribution in [0.4, 0.5) is 0 Å².